The second kappa shape index (κ2) is 17.2. The molecule has 2 unspecified atom stereocenters. The number of alkyl carbamates (subject to hydrolysis) is 1. The van der Waals surface area contributed by atoms with Gasteiger partial charge in [0.15, 0.2) is 0 Å². The summed E-state index contributed by atoms with van der Waals surface area (Å²) in [5.74, 6) is -0.519. The van der Waals surface area contributed by atoms with E-state index in [1.54, 1.807) is 0 Å². The Balaban J connectivity index is 1.51. The van der Waals surface area contributed by atoms with Gasteiger partial charge in [-0.3, -0.25) is 14.5 Å². The van der Waals surface area contributed by atoms with Crippen LogP contribution in [-0.2, 0) is 32.3 Å². The molecular weight excluding hydrogens is 564 g/mol. The van der Waals surface area contributed by atoms with Crippen molar-refractivity contribution >= 4 is 24.0 Å². The Morgan fingerprint density at radius 3 is 2.05 bits per heavy atom. The number of amides is 4. The highest BCUT2D eigenvalue weighted by Gasteiger charge is 2.34. The van der Waals surface area contributed by atoms with Gasteiger partial charge < -0.3 is 30.1 Å². The first-order valence-electron chi connectivity index (χ1n) is 15.2. The predicted molar refractivity (Wildman–Crippen MR) is 165 cm³/mol. The highest BCUT2D eigenvalue weighted by atomic mass is 16.6. The Hall–Kier alpha value is -4.12. The van der Waals surface area contributed by atoms with Crippen LogP contribution in [0.1, 0.15) is 51.7 Å². The number of β-amino-alcohol motifs (C(OH)–C–C–N with tert-alkyl or cyclic N) is 1. The summed E-state index contributed by atoms with van der Waals surface area (Å²) in [4.78, 5) is 54.5. The minimum Gasteiger partial charge on any atom is -0.445 e. The van der Waals surface area contributed by atoms with Crippen LogP contribution in [0.5, 0.6) is 0 Å². The fraction of sp³-hybridized carbons (Fsp3) is 0.515. The van der Waals surface area contributed by atoms with E-state index in [0.29, 0.717) is 19.4 Å². The number of benzene rings is 2. The van der Waals surface area contributed by atoms with Crippen LogP contribution in [0.25, 0.3) is 0 Å². The maximum Gasteiger partial charge on any atom is 0.410 e. The Morgan fingerprint density at radius 2 is 1.50 bits per heavy atom. The van der Waals surface area contributed by atoms with E-state index in [9.17, 15) is 24.3 Å². The van der Waals surface area contributed by atoms with Crippen molar-refractivity contribution in [2.45, 2.75) is 71.9 Å². The minimum atomic E-state index is -1.02. The Morgan fingerprint density at radius 1 is 0.909 bits per heavy atom. The number of likely N-dealkylation sites (tertiary alicyclic amines) is 1. The lowest BCUT2D eigenvalue weighted by atomic mass is 9.99. The summed E-state index contributed by atoms with van der Waals surface area (Å²) in [6, 6.07) is 17.1. The predicted octanol–water partition coefficient (Wildman–Crippen LogP) is 3.70. The van der Waals surface area contributed by atoms with E-state index in [0.717, 1.165) is 11.1 Å². The molecule has 2 aromatic rings. The first-order valence-corrected chi connectivity index (χ1v) is 15.2. The van der Waals surface area contributed by atoms with Crippen molar-refractivity contribution in [1.82, 2.24) is 20.4 Å². The number of aliphatic hydroxyl groups is 1. The number of carbonyl (C=O) groups is 4. The monoisotopic (exact) mass is 610 g/mol. The molecule has 0 aliphatic carbocycles. The molecule has 3 rings (SSSR count). The van der Waals surface area contributed by atoms with E-state index >= 15 is 0 Å². The molecule has 11 nitrogen and oxygen atoms in total. The fourth-order valence-corrected chi connectivity index (χ4v) is 4.94. The molecule has 0 bridgehead atoms. The molecule has 3 atom stereocenters. The lowest BCUT2D eigenvalue weighted by Gasteiger charge is -2.37. The lowest BCUT2D eigenvalue weighted by molar-refractivity contribution is -0.136. The van der Waals surface area contributed by atoms with Crippen molar-refractivity contribution in [3.8, 4) is 0 Å². The third kappa shape index (κ3) is 11.5. The van der Waals surface area contributed by atoms with Gasteiger partial charge in [-0.25, -0.2) is 9.59 Å². The van der Waals surface area contributed by atoms with Gasteiger partial charge in [0.1, 0.15) is 25.8 Å². The second-order valence-electron chi connectivity index (χ2n) is 12.0. The van der Waals surface area contributed by atoms with E-state index in [1.807, 2.05) is 88.4 Å². The van der Waals surface area contributed by atoms with Gasteiger partial charge in [0, 0.05) is 19.6 Å². The SMILES string of the molecule is CC(C)C[C@H](NC(=O)OCc1ccccc1)C(=O)NC1CCN(C(=O)CN(CC(C)C)C(=O)OCc2ccccc2)CC1O. The molecule has 0 saturated carbocycles. The fourth-order valence-electron chi connectivity index (χ4n) is 4.94. The molecule has 11 heteroatoms. The summed E-state index contributed by atoms with van der Waals surface area (Å²) in [5, 5.41) is 16.4. The first kappa shape index (κ1) is 34.4. The van der Waals surface area contributed by atoms with Gasteiger partial charge >= 0.3 is 12.2 Å². The number of piperidine rings is 1. The summed E-state index contributed by atoms with van der Waals surface area (Å²) in [7, 11) is 0. The molecule has 0 radical (unpaired) electrons. The molecule has 4 amide bonds. The normalized spacial score (nSPS) is 17.1. The standard InChI is InChI=1S/C33H46N4O7/c1-23(2)17-28(35-32(41)43-21-25-11-7-5-8-12-25)31(40)34-27-15-16-36(19-29(27)38)30(39)20-37(18-24(3)4)33(42)44-22-26-13-9-6-10-14-26/h5-14,23-24,27-29,38H,15-22H2,1-4H3,(H,34,40)(H,35,41)/t27?,28-,29?/m0/s1. The number of nitrogens with one attached hydrogen (secondary N) is 2. The van der Waals surface area contributed by atoms with Crippen molar-refractivity contribution < 1.29 is 33.8 Å². The van der Waals surface area contributed by atoms with Gasteiger partial charge in [-0.1, -0.05) is 88.4 Å². The van der Waals surface area contributed by atoms with Crippen LogP contribution in [-0.4, -0.2) is 83.3 Å². The zero-order chi connectivity index (χ0) is 32.1. The van der Waals surface area contributed by atoms with Crippen molar-refractivity contribution in [2.24, 2.45) is 11.8 Å². The molecule has 1 saturated heterocycles. The number of carbonyl (C=O) groups excluding carboxylic acids is 4. The maximum atomic E-state index is 13.2. The average molecular weight is 611 g/mol. The first-order chi connectivity index (χ1) is 21.0. The van der Waals surface area contributed by atoms with Crippen molar-refractivity contribution in [3.05, 3.63) is 71.8 Å². The largest absolute Gasteiger partial charge is 0.445 e. The van der Waals surface area contributed by atoms with Gasteiger partial charge in [-0.2, -0.15) is 0 Å². The number of rotatable bonds is 13. The smallest absolute Gasteiger partial charge is 0.410 e. The molecule has 44 heavy (non-hydrogen) atoms. The van der Waals surface area contributed by atoms with Crippen molar-refractivity contribution in [1.29, 1.82) is 0 Å². The molecular formula is C33H46N4O7. The second-order valence-corrected chi connectivity index (χ2v) is 12.0. The average Bonchev–Trinajstić information content (AvgIpc) is 2.99. The molecule has 1 aliphatic rings. The zero-order valence-corrected chi connectivity index (χ0v) is 26.1. The van der Waals surface area contributed by atoms with Crippen LogP contribution in [0.15, 0.2) is 60.7 Å². The molecule has 1 fully saturated rings. The van der Waals surface area contributed by atoms with Crippen LogP contribution >= 0.6 is 0 Å². The topological polar surface area (TPSA) is 138 Å². The van der Waals surface area contributed by atoms with Gasteiger partial charge in [-0.05, 0) is 35.8 Å². The van der Waals surface area contributed by atoms with Gasteiger partial charge in [0.25, 0.3) is 0 Å². The highest BCUT2D eigenvalue weighted by molar-refractivity contribution is 5.86. The van der Waals surface area contributed by atoms with Gasteiger partial charge in [0.05, 0.1) is 12.1 Å². The number of ether oxygens (including phenoxy) is 2. The van der Waals surface area contributed by atoms with E-state index in [2.05, 4.69) is 10.6 Å². The number of aliphatic hydroxyl groups excluding tert-OH is 1. The van der Waals surface area contributed by atoms with Gasteiger partial charge in [-0.15, -0.1) is 0 Å². The van der Waals surface area contributed by atoms with E-state index in [1.165, 1.54) is 9.80 Å². The third-order valence-corrected chi connectivity index (χ3v) is 7.17. The van der Waals surface area contributed by atoms with Gasteiger partial charge in [0.2, 0.25) is 11.8 Å². The molecule has 2 aromatic carbocycles. The summed E-state index contributed by atoms with van der Waals surface area (Å²) < 4.78 is 10.7. The zero-order valence-electron chi connectivity index (χ0n) is 26.1. The Labute approximate surface area is 259 Å². The molecule has 240 valence electrons. The number of nitrogens with zero attached hydrogens (tertiary/aromatic N) is 2. The summed E-state index contributed by atoms with van der Waals surface area (Å²) >= 11 is 0. The van der Waals surface area contributed by atoms with E-state index in [-0.39, 0.29) is 50.6 Å². The lowest BCUT2D eigenvalue weighted by Crippen LogP contribution is -2.59. The van der Waals surface area contributed by atoms with Crippen LogP contribution in [0, 0.1) is 11.8 Å². The minimum absolute atomic E-state index is 0.000243. The molecule has 1 heterocycles. The molecule has 1 aliphatic heterocycles. The maximum absolute atomic E-state index is 13.2. The molecule has 0 aromatic heterocycles. The van der Waals surface area contributed by atoms with E-state index < -0.39 is 36.3 Å². The Kier molecular flexibility index (Phi) is 13.5. The Bertz CT molecular complexity index is 1210. The van der Waals surface area contributed by atoms with Crippen LogP contribution in [0.4, 0.5) is 9.59 Å². The van der Waals surface area contributed by atoms with E-state index in [4.69, 9.17) is 9.47 Å². The third-order valence-electron chi connectivity index (χ3n) is 7.17. The quantitative estimate of drug-likeness (QED) is 0.315. The van der Waals surface area contributed by atoms with Crippen molar-refractivity contribution in [3.63, 3.8) is 0 Å². The van der Waals surface area contributed by atoms with Crippen molar-refractivity contribution in [2.75, 3.05) is 26.2 Å². The number of hydrogen-bond donors (Lipinski definition) is 3. The summed E-state index contributed by atoms with van der Waals surface area (Å²) in [5.41, 5.74) is 1.67. The summed E-state index contributed by atoms with van der Waals surface area (Å²) in [6.45, 7) is 8.40. The highest BCUT2D eigenvalue weighted by Crippen LogP contribution is 2.15. The molecule has 0 spiro atoms. The molecule has 3 N–H and O–H groups in total. The number of hydrogen-bond acceptors (Lipinski definition) is 7. The van der Waals surface area contributed by atoms with Crippen LogP contribution in [0.2, 0.25) is 0 Å². The van der Waals surface area contributed by atoms with Crippen LogP contribution < -0.4 is 10.6 Å². The van der Waals surface area contributed by atoms with Crippen LogP contribution in [0.3, 0.4) is 0 Å². The summed E-state index contributed by atoms with van der Waals surface area (Å²) in [6.07, 6.45) is -1.61.